The molecule has 0 saturated carbocycles. The van der Waals surface area contributed by atoms with E-state index < -0.39 is 0 Å². The van der Waals surface area contributed by atoms with Gasteiger partial charge in [-0.1, -0.05) is 25.1 Å². The zero-order valence-corrected chi connectivity index (χ0v) is 14.6. The molecule has 1 fully saturated rings. The first-order chi connectivity index (χ1) is 12.2. The Labute approximate surface area is 147 Å². The van der Waals surface area contributed by atoms with Crippen LogP contribution < -0.4 is 5.32 Å². The summed E-state index contributed by atoms with van der Waals surface area (Å²) in [6, 6.07) is 7.93. The predicted molar refractivity (Wildman–Crippen MR) is 95.8 cm³/mol. The van der Waals surface area contributed by atoms with Crippen molar-refractivity contribution in [3.63, 3.8) is 0 Å². The number of pyridine rings is 1. The van der Waals surface area contributed by atoms with Crippen molar-refractivity contribution in [2.24, 2.45) is 5.92 Å². The summed E-state index contributed by atoms with van der Waals surface area (Å²) in [6.07, 6.45) is 2.92. The van der Waals surface area contributed by atoms with E-state index in [0.717, 1.165) is 47.0 Å². The maximum atomic E-state index is 13.0. The van der Waals surface area contributed by atoms with Crippen molar-refractivity contribution in [2.75, 3.05) is 26.4 Å². The molecule has 1 saturated heterocycles. The molecule has 0 radical (unpaired) electrons. The van der Waals surface area contributed by atoms with Gasteiger partial charge in [0.15, 0.2) is 0 Å². The first kappa shape index (κ1) is 16.5. The Morgan fingerprint density at radius 2 is 2.20 bits per heavy atom. The highest BCUT2D eigenvalue weighted by atomic mass is 16.6. The van der Waals surface area contributed by atoms with Crippen molar-refractivity contribution in [3.8, 4) is 0 Å². The second-order valence-electron chi connectivity index (χ2n) is 7.05. The molecule has 1 aromatic heterocycles. The van der Waals surface area contributed by atoms with Crippen molar-refractivity contribution >= 4 is 16.8 Å². The number of benzene rings is 1. The number of rotatable bonds is 3. The van der Waals surface area contributed by atoms with Crippen LogP contribution >= 0.6 is 0 Å². The van der Waals surface area contributed by atoms with Gasteiger partial charge in [-0.25, -0.2) is 0 Å². The van der Waals surface area contributed by atoms with E-state index in [0.29, 0.717) is 32.3 Å². The van der Waals surface area contributed by atoms with Gasteiger partial charge in [0.2, 0.25) is 0 Å². The summed E-state index contributed by atoms with van der Waals surface area (Å²) in [5.41, 5.74) is 3.90. The molecule has 1 aliphatic carbocycles. The van der Waals surface area contributed by atoms with E-state index in [1.54, 1.807) is 0 Å². The number of para-hydroxylation sites is 1. The van der Waals surface area contributed by atoms with Gasteiger partial charge in [-0.15, -0.1) is 0 Å². The molecule has 2 atom stereocenters. The number of nitrogens with zero attached hydrogens (tertiary/aromatic N) is 1. The summed E-state index contributed by atoms with van der Waals surface area (Å²) in [5.74, 6) is 0.551. The van der Waals surface area contributed by atoms with E-state index in [1.807, 2.05) is 24.3 Å². The fourth-order valence-electron chi connectivity index (χ4n) is 3.77. The van der Waals surface area contributed by atoms with Crippen LogP contribution in [-0.4, -0.2) is 43.4 Å². The minimum Gasteiger partial charge on any atom is -0.376 e. The van der Waals surface area contributed by atoms with Crippen LogP contribution in [0.15, 0.2) is 24.3 Å². The molecular formula is C20H24N2O3. The molecule has 1 aromatic carbocycles. The highest BCUT2D eigenvalue weighted by Crippen LogP contribution is 2.31. The summed E-state index contributed by atoms with van der Waals surface area (Å²) in [4.78, 5) is 17.9. The Balaban J connectivity index is 1.66. The molecule has 2 heterocycles. The van der Waals surface area contributed by atoms with Crippen LogP contribution in [0.25, 0.3) is 10.9 Å². The summed E-state index contributed by atoms with van der Waals surface area (Å²) >= 11 is 0. The molecule has 0 unspecified atom stereocenters. The van der Waals surface area contributed by atoms with Crippen molar-refractivity contribution in [2.45, 2.75) is 32.3 Å². The van der Waals surface area contributed by atoms with Gasteiger partial charge in [0.1, 0.15) is 0 Å². The number of aromatic nitrogens is 1. The van der Waals surface area contributed by atoms with E-state index in [2.05, 4.69) is 12.2 Å². The Morgan fingerprint density at radius 1 is 1.32 bits per heavy atom. The minimum absolute atomic E-state index is 0.0295. The zero-order chi connectivity index (χ0) is 17.2. The highest BCUT2D eigenvalue weighted by molar-refractivity contribution is 6.07. The lowest BCUT2D eigenvalue weighted by molar-refractivity contribution is -0.0855. The first-order valence-electron chi connectivity index (χ1n) is 9.10. The van der Waals surface area contributed by atoms with E-state index in [1.165, 1.54) is 0 Å². The molecule has 5 heteroatoms. The summed E-state index contributed by atoms with van der Waals surface area (Å²) in [6.45, 7) is 4.47. The molecular weight excluding hydrogens is 316 g/mol. The third kappa shape index (κ3) is 3.39. The molecule has 0 bridgehead atoms. The van der Waals surface area contributed by atoms with Gasteiger partial charge < -0.3 is 14.8 Å². The lowest BCUT2D eigenvalue weighted by Gasteiger charge is -2.26. The Morgan fingerprint density at radius 3 is 3.04 bits per heavy atom. The third-order valence-corrected chi connectivity index (χ3v) is 5.11. The second kappa shape index (κ2) is 7.10. The lowest BCUT2D eigenvalue weighted by Crippen LogP contribution is -2.40. The van der Waals surface area contributed by atoms with Gasteiger partial charge in [-0.3, -0.25) is 9.78 Å². The average molecular weight is 340 g/mol. The monoisotopic (exact) mass is 340 g/mol. The van der Waals surface area contributed by atoms with Crippen LogP contribution in [0.1, 0.15) is 35.0 Å². The molecule has 0 spiro atoms. The van der Waals surface area contributed by atoms with Gasteiger partial charge in [0, 0.05) is 17.6 Å². The Kier molecular flexibility index (Phi) is 4.68. The molecule has 2 aliphatic rings. The van der Waals surface area contributed by atoms with E-state index in [9.17, 15) is 4.79 Å². The minimum atomic E-state index is -0.0689. The number of carbonyl (C=O) groups is 1. The fourth-order valence-corrected chi connectivity index (χ4v) is 3.77. The lowest BCUT2D eigenvalue weighted by atomic mass is 9.84. The van der Waals surface area contributed by atoms with Gasteiger partial charge in [0.25, 0.3) is 5.91 Å². The quantitative estimate of drug-likeness (QED) is 0.933. The number of hydrogen-bond acceptors (Lipinski definition) is 4. The molecule has 1 N–H and O–H groups in total. The molecule has 1 amide bonds. The second-order valence-corrected chi connectivity index (χ2v) is 7.05. The van der Waals surface area contributed by atoms with Gasteiger partial charge >= 0.3 is 0 Å². The van der Waals surface area contributed by atoms with Crippen LogP contribution in [0.4, 0.5) is 0 Å². The number of fused-ring (bicyclic) bond motifs is 2. The zero-order valence-electron chi connectivity index (χ0n) is 14.6. The molecule has 5 nitrogen and oxygen atoms in total. The summed E-state index contributed by atoms with van der Waals surface area (Å²) < 4.78 is 11.0. The highest BCUT2D eigenvalue weighted by Gasteiger charge is 2.25. The molecule has 132 valence electrons. The van der Waals surface area contributed by atoms with Crippen LogP contribution in [-0.2, 0) is 22.3 Å². The van der Waals surface area contributed by atoms with Gasteiger partial charge in [-0.05, 0) is 36.8 Å². The number of ether oxygens (including phenoxy) is 2. The topological polar surface area (TPSA) is 60.5 Å². The van der Waals surface area contributed by atoms with E-state index >= 15 is 0 Å². The van der Waals surface area contributed by atoms with Crippen LogP contribution in [0, 0.1) is 5.92 Å². The third-order valence-electron chi connectivity index (χ3n) is 5.11. The Bertz CT molecular complexity index is 784. The maximum absolute atomic E-state index is 13.0. The van der Waals surface area contributed by atoms with Gasteiger partial charge in [-0.2, -0.15) is 0 Å². The molecule has 25 heavy (non-hydrogen) atoms. The average Bonchev–Trinajstić information content (AvgIpc) is 2.65. The first-order valence-corrected chi connectivity index (χ1v) is 9.10. The number of hydrogen-bond donors (Lipinski definition) is 1. The van der Waals surface area contributed by atoms with Crippen LogP contribution in [0.2, 0.25) is 0 Å². The summed E-state index contributed by atoms with van der Waals surface area (Å²) in [5, 5.41) is 3.99. The number of nitrogens with one attached hydrogen (secondary N) is 1. The predicted octanol–water partition coefficient (Wildman–Crippen LogP) is 2.50. The standard InChI is InChI=1S/C20H24N2O3/c1-13-6-7-18-16(10-13)19(15-4-2-3-5-17(15)22-18)20(23)21-11-14-12-24-8-9-25-14/h2-5,13-14H,6-12H2,1H3,(H,21,23)/t13-,14+/m0/s1. The van der Waals surface area contributed by atoms with Crippen molar-refractivity contribution in [1.29, 1.82) is 0 Å². The van der Waals surface area contributed by atoms with Crippen LogP contribution in [0.3, 0.4) is 0 Å². The van der Waals surface area contributed by atoms with Crippen molar-refractivity contribution in [1.82, 2.24) is 10.3 Å². The smallest absolute Gasteiger partial charge is 0.252 e. The number of aryl methyl sites for hydroxylation is 1. The van der Waals surface area contributed by atoms with E-state index in [4.69, 9.17) is 14.5 Å². The Hall–Kier alpha value is -1.98. The van der Waals surface area contributed by atoms with Gasteiger partial charge in [0.05, 0.1) is 37.0 Å². The SMILES string of the molecule is C[C@H]1CCc2nc3ccccc3c(C(=O)NC[C@@H]3COCCO3)c2C1. The van der Waals surface area contributed by atoms with Crippen LogP contribution in [0.5, 0.6) is 0 Å². The van der Waals surface area contributed by atoms with Crippen molar-refractivity contribution < 1.29 is 14.3 Å². The molecule has 2 aromatic rings. The molecule has 1 aliphatic heterocycles. The largest absolute Gasteiger partial charge is 0.376 e. The van der Waals surface area contributed by atoms with E-state index in [-0.39, 0.29) is 12.0 Å². The summed E-state index contributed by atoms with van der Waals surface area (Å²) in [7, 11) is 0. The maximum Gasteiger partial charge on any atom is 0.252 e. The number of amides is 1. The molecule has 4 rings (SSSR count). The fraction of sp³-hybridized carbons (Fsp3) is 0.500. The number of carbonyl (C=O) groups excluding carboxylic acids is 1. The normalized spacial score (nSPS) is 23.2. The van der Waals surface area contributed by atoms with Crippen molar-refractivity contribution in [3.05, 3.63) is 41.1 Å².